The van der Waals surface area contributed by atoms with Crippen LogP contribution in [0.1, 0.15) is 21.1 Å². The molecule has 4 aromatic rings. The normalized spacial score (nSPS) is 11.3. The zero-order valence-corrected chi connectivity index (χ0v) is 15.4. The molecule has 0 unspecified atom stereocenters. The topological polar surface area (TPSA) is 76.9 Å². The molecule has 4 rings (SSSR count). The van der Waals surface area contributed by atoms with Gasteiger partial charge in [-0.3, -0.25) is 19.5 Å². The van der Waals surface area contributed by atoms with Crippen LogP contribution in [0.3, 0.4) is 0 Å². The molecule has 8 heteroatoms. The molecule has 3 aromatic heterocycles. The number of nitrogens with one attached hydrogen (secondary N) is 1. The quantitative estimate of drug-likeness (QED) is 0.586. The first-order chi connectivity index (χ1) is 12.0. The number of aromatic nitrogens is 3. The second kappa shape index (κ2) is 5.75. The van der Waals surface area contributed by atoms with Crippen LogP contribution >= 0.6 is 22.7 Å². The molecule has 0 aliphatic rings. The number of hydrogen-bond donors (Lipinski definition) is 1. The van der Waals surface area contributed by atoms with Gasteiger partial charge in [0.15, 0.2) is 5.13 Å². The van der Waals surface area contributed by atoms with E-state index in [1.165, 1.54) is 27.2 Å². The molecule has 0 radical (unpaired) electrons. The molecule has 0 saturated heterocycles. The summed E-state index contributed by atoms with van der Waals surface area (Å²) in [4.78, 5) is 35.1. The number of hydrogen-bond acceptors (Lipinski definition) is 6. The van der Waals surface area contributed by atoms with Crippen LogP contribution in [-0.4, -0.2) is 20.4 Å². The van der Waals surface area contributed by atoms with Crippen LogP contribution in [0.15, 0.2) is 29.1 Å². The third-order valence-electron chi connectivity index (χ3n) is 4.12. The van der Waals surface area contributed by atoms with Crippen molar-refractivity contribution in [2.45, 2.75) is 13.8 Å². The van der Waals surface area contributed by atoms with Crippen molar-refractivity contribution >= 4 is 54.1 Å². The average molecular weight is 370 g/mol. The van der Waals surface area contributed by atoms with E-state index in [4.69, 9.17) is 0 Å². The molecule has 0 aliphatic heterocycles. The van der Waals surface area contributed by atoms with Gasteiger partial charge in [0, 0.05) is 7.05 Å². The van der Waals surface area contributed by atoms with Crippen molar-refractivity contribution in [3.8, 4) is 0 Å². The zero-order chi connectivity index (χ0) is 17.7. The van der Waals surface area contributed by atoms with E-state index < -0.39 is 0 Å². The van der Waals surface area contributed by atoms with E-state index in [0.717, 1.165) is 10.2 Å². The van der Waals surface area contributed by atoms with Gasteiger partial charge in [0.2, 0.25) is 0 Å². The number of para-hydroxylation sites is 1. The number of amides is 1. The fraction of sp³-hybridized carbons (Fsp3) is 0.176. The Labute approximate surface area is 150 Å². The van der Waals surface area contributed by atoms with Crippen LogP contribution in [0.4, 0.5) is 5.13 Å². The first-order valence-corrected chi connectivity index (χ1v) is 9.22. The largest absolute Gasteiger partial charge is 0.299 e. The highest BCUT2D eigenvalue weighted by Gasteiger charge is 2.20. The van der Waals surface area contributed by atoms with Gasteiger partial charge in [-0.25, -0.2) is 9.97 Å². The molecule has 6 nitrogen and oxygen atoms in total. The molecule has 126 valence electrons. The molecule has 25 heavy (non-hydrogen) atoms. The number of anilines is 1. The maximum absolute atomic E-state index is 12.7. The van der Waals surface area contributed by atoms with Crippen LogP contribution in [0, 0.1) is 13.8 Å². The smallest absolute Gasteiger partial charge is 0.267 e. The molecule has 1 N–H and O–H groups in total. The van der Waals surface area contributed by atoms with Gasteiger partial charge < -0.3 is 0 Å². The summed E-state index contributed by atoms with van der Waals surface area (Å²) in [6.07, 6.45) is 0. The van der Waals surface area contributed by atoms with Crippen molar-refractivity contribution in [1.82, 2.24) is 14.5 Å². The molecule has 0 fully saturated rings. The Balaban J connectivity index is 1.76. The number of thiophene rings is 1. The second-order valence-electron chi connectivity index (χ2n) is 5.70. The van der Waals surface area contributed by atoms with Gasteiger partial charge in [-0.1, -0.05) is 23.5 Å². The highest BCUT2D eigenvalue weighted by molar-refractivity contribution is 7.23. The molecule has 0 bridgehead atoms. The van der Waals surface area contributed by atoms with Gasteiger partial charge in [-0.2, -0.15) is 0 Å². The summed E-state index contributed by atoms with van der Waals surface area (Å²) in [7, 11) is 1.68. The average Bonchev–Trinajstić information content (AvgIpc) is 3.13. The molecule has 0 spiro atoms. The van der Waals surface area contributed by atoms with Crippen molar-refractivity contribution in [2.75, 3.05) is 5.32 Å². The van der Waals surface area contributed by atoms with E-state index in [-0.39, 0.29) is 11.5 Å². The van der Waals surface area contributed by atoms with E-state index in [9.17, 15) is 9.59 Å². The second-order valence-corrected chi connectivity index (χ2v) is 7.73. The Hall–Kier alpha value is -2.58. The third-order valence-corrected chi connectivity index (χ3v) is 6.25. The van der Waals surface area contributed by atoms with Gasteiger partial charge in [0.25, 0.3) is 11.5 Å². The van der Waals surface area contributed by atoms with Crippen LogP contribution < -0.4 is 10.9 Å². The maximum atomic E-state index is 12.7. The van der Waals surface area contributed by atoms with Gasteiger partial charge >= 0.3 is 0 Å². The van der Waals surface area contributed by atoms with Gasteiger partial charge in [-0.05, 0) is 31.5 Å². The van der Waals surface area contributed by atoms with Crippen molar-refractivity contribution in [3.63, 3.8) is 0 Å². The van der Waals surface area contributed by atoms with Crippen LogP contribution in [0.2, 0.25) is 0 Å². The fourth-order valence-electron chi connectivity index (χ4n) is 2.66. The van der Waals surface area contributed by atoms with Gasteiger partial charge in [-0.15, -0.1) is 11.3 Å². The Morgan fingerprint density at radius 1 is 1.16 bits per heavy atom. The van der Waals surface area contributed by atoms with E-state index in [1.807, 2.05) is 24.3 Å². The number of nitrogens with zero attached hydrogens (tertiary/aromatic N) is 3. The predicted octanol–water partition coefficient (Wildman–Crippen LogP) is 3.47. The molecule has 1 aromatic carbocycles. The summed E-state index contributed by atoms with van der Waals surface area (Å²) < 4.78 is 2.51. The van der Waals surface area contributed by atoms with Crippen LogP contribution in [0.5, 0.6) is 0 Å². The van der Waals surface area contributed by atoms with E-state index >= 15 is 0 Å². The molecule has 0 aliphatic carbocycles. The summed E-state index contributed by atoms with van der Waals surface area (Å²) in [5.41, 5.74) is 1.38. The van der Waals surface area contributed by atoms with Crippen LogP contribution in [0.25, 0.3) is 20.4 Å². The number of thiazole rings is 1. The number of aryl methyl sites for hydroxylation is 2. The minimum absolute atomic E-state index is 0.129. The monoisotopic (exact) mass is 370 g/mol. The SMILES string of the molecule is Cc1c(C(=O)Nc2nc3ccccc3s2)sc2nc(C)n(C)c(=O)c12. The summed E-state index contributed by atoms with van der Waals surface area (Å²) >= 11 is 2.66. The lowest BCUT2D eigenvalue weighted by molar-refractivity contribution is 0.103. The van der Waals surface area contributed by atoms with Gasteiger partial charge in [0.1, 0.15) is 10.7 Å². The zero-order valence-electron chi connectivity index (χ0n) is 13.8. The number of carbonyl (C=O) groups is 1. The lowest BCUT2D eigenvalue weighted by Crippen LogP contribution is -2.20. The number of rotatable bonds is 2. The Morgan fingerprint density at radius 3 is 2.68 bits per heavy atom. The minimum Gasteiger partial charge on any atom is -0.299 e. The van der Waals surface area contributed by atoms with E-state index in [2.05, 4.69) is 15.3 Å². The number of fused-ring (bicyclic) bond motifs is 2. The predicted molar refractivity (Wildman–Crippen MR) is 102 cm³/mol. The van der Waals surface area contributed by atoms with Crippen molar-refractivity contribution in [2.24, 2.45) is 7.05 Å². The lowest BCUT2D eigenvalue weighted by Gasteiger charge is -2.02. The Kier molecular flexibility index (Phi) is 3.66. The van der Waals surface area contributed by atoms with Crippen molar-refractivity contribution < 1.29 is 4.79 Å². The fourth-order valence-corrected chi connectivity index (χ4v) is 4.63. The van der Waals surface area contributed by atoms with Crippen molar-refractivity contribution in [3.05, 3.63) is 50.9 Å². The van der Waals surface area contributed by atoms with Gasteiger partial charge in [0.05, 0.1) is 20.5 Å². The summed E-state index contributed by atoms with van der Waals surface area (Å²) in [6.45, 7) is 3.56. The lowest BCUT2D eigenvalue weighted by atomic mass is 10.2. The minimum atomic E-state index is -0.265. The Morgan fingerprint density at radius 2 is 1.92 bits per heavy atom. The van der Waals surface area contributed by atoms with E-state index in [0.29, 0.717) is 31.6 Å². The van der Waals surface area contributed by atoms with Crippen LogP contribution in [-0.2, 0) is 7.05 Å². The number of benzene rings is 1. The third kappa shape index (κ3) is 2.54. The summed E-state index contributed by atoms with van der Waals surface area (Å²) in [5.74, 6) is 0.358. The standard InChI is InChI=1S/C17H14N4O2S2/c1-8-12-15(18-9(2)21(3)16(12)23)25-13(8)14(22)20-17-19-10-6-4-5-7-11(10)24-17/h4-7H,1-3H3,(H,19,20,22). The summed E-state index contributed by atoms with van der Waals surface area (Å²) in [5, 5.41) is 3.89. The Bertz CT molecular complexity index is 1170. The highest BCUT2D eigenvalue weighted by Crippen LogP contribution is 2.30. The molecule has 0 atom stereocenters. The first kappa shape index (κ1) is 15.9. The molecule has 0 saturated carbocycles. The molecule has 1 amide bonds. The molecular formula is C17H14N4O2S2. The van der Waals surface area contributed by atoms with Crippen molar-refractivity contribution in [1.29, 1.82) is 0 Å². The first-order valence-electron chi connectivity index (χ1n) is 7.59. The number of carbonyl (C=O) groups excluding carboxylic acids is 1. The maximum Gasteiger partial charge on any atom is 0.267 e. The molecular weight excluding hydrogens is 356 g/mol. The summed E-state index contributed by atoms with van der Waals surface area (Å²) in [6, 6.07) is 7.71. The molecule has 3 heterocycles. The highest BCUT2D eigenvalue weighted by atomic mass is 32.1. The van der Waals surface area contributed by atoms with E-state index in [1.54, 1.807) is 20.9 Å².